The fraction of sp³-hybridized carbons (Fsp3) is 0.250. The second kappa shape index (κ2) is 10.7. The molecule has 0 spiro atoms. The number of hydrogen-bond donors (Lipinski definition) is 0. The minimum Gasteiger partial charge on any atom is -0.494 e. The van der Waals surface area contributed by atoms with Crippen LogP contribution in [-0.4, -0.2) is 25.7 Å². The normalized spacial score (nSPS) is 14.4. The van der Waals surface area contributed by atoms with Crippen molar-refractivity contribution >= 4 is 22.6 Å². The minimum atomic E-state index is -0.736. The zero-order valence-electron chi connectivity index (χ0n) is 22.6. The fourth-order valence-corrected chi connectivity index (χ4v) is 4.91. The van der Waals surface area contributed by atoms with Crippen molar-refractivity contribution in [3.8, 4) is 17.2 Å². The zero-order valence-corrected chi connectivity index (χ0v) is 22.6. The van der Waals surface area contributed by atoms with Crippen LogP contribution in [0.2, 0.25) is 0 Å². The summed E-state index contributed by atoms with van der Waals surface area (Å²) in [7, 11) is 0. The molecule has 2 heterocycles. The molecule has 7 heteroatoms. The standard InChI is InChI=1S/C32H31NO6/c1-6-15-38-25-14-9-21(18-27(25)37-8-3)29-28-30(34)24-16-19(4)20(5)17-26(24)39-31(28)32(35)33(29)22-10-12-23(13-11-22)36-7-2/h6,9-14,16-18,29H,1,7-8,15H2,2-5H3. The van der Waals surface area contributed by atoms with E-state index in [0.29, 0.717) is 64.9 Å². The van der Waals surface area contributed by atoms with Gasteiger partial charge in [0.15, 0.2) is 16.9 Å². The first-order valence-electron chi connectivity index (χ1n) is 13.0. The average molecular weight is 526 g/mol. The summed E-state index contributed by atoms with van der Waals surface area (Å²) in [5.74, 6) is 1.41. The summed E-state index contributed by atoms with van der Waals surface area (Å²) in [6.07, 6.45) is 1.66. The molecule has 5 rings (SSSR count). The van der Waals surface area contributed by atoms with Crippen LogP contribution in [0, 0.1) is 13.8 Å². The summed E-state index contributed by atoms with van der Waals surface area (Å²) < 4.78 is 23.4. The highest BCUT2D eigenvalue weighted by molar-refractivity contribution is 6.10. The lowest BCUT2D eigenvalue weighted by Crippen LogP contribution is -2.29. The Kier molecular flexibility index (Phi) is 7.15. The Morgan fingerprint density at radius 2 is 1.62 bits per heavy atom. The molecule has 0 N–H and O–H groups in total. The Balaban J connectivity index is 1.74. The van der Waals surface area contributed by atoms with Crippen LogP contribution in [0.25, 0.3) is 11.0 Å². The highest BCUT2D eigenvalue weighted by atomic mass is 16.5. The third-order valence-corrected chi connectivity index (χ3v) is 6.85. The van der Waals surface area contributed by atoms with E-state index in [9.17, 15) is 9.59 Å². The minimum absolute atomic E-state index is 0.0413. The highest BCUT2D eigenvalue weighted by Crippen LogP contribution is 2.43. The third kappa shape index (κ3) is 4.65. The summed E-state index contributed by atoms with van der Waals surface area (Å²) in [6.45, 7) is 12.7. The van der Waals surface area contributed by atoms with E-state index in [4.69, 9.17) is 18.6 Å². The lowest BCUT2D eigenvalue weighted by molar-refractivity contribution is 0.0971. The maximum atomic E-state index is 14.0. The lowest BCUT2D eigenvalue weighted by atomic mass is 9.97. The van der Waals surface area contributed by atoms with E-state index in [0.717, 1.165) is 11.1 Å². The smallest absolute Gasteiger partial charge is 0.295 e. The number of nitrogens with zero attached hydrogens (tertiary/aromatic N) is 1. The van der Waals surface area contributed by atoms with E-state index in [-0.39, 0.29) is 17.1 Å². The van der Waals surface area contributed by atoms with E-state index >= 15 is 0 Å². The summed E-state index contributed by atoms with van der Waals surface area (Å²) in [5.41, 5.74) is 3.72. The maximum absolute atomic E-state index is 14.0. The molecule has 1 amide bonds. The first-order chi connectivity index (χ1) is 18.9. The maximum Gasteiger partial charge on any atom is 0.295 e. The number of ether oxygens (including phenoxy) is 3. The molecular formula is C32H31NO6. The molecule has 3 aromatic carbocycles. The molecule has 0 radical (unpaired) electrons. The Labute approximate surface area is 227 Å². The van der Waals surface area contributed by atoms with Crippen LogP contribution < -0.4 is 24.5 Å². The molecule has 200 valence electrons. The lowest BCUT2D eigenvalue weighted by Gasteiger charge is -2.26. The number of fused-ring (bicyclic) bond motifs is 2. The van der Waals surface area contributed by atoms with Crippen LogP contribution in [0.1, 0.15) is 52.7 Å². The van der Waals surface area contributed by atoms with E-state index in [2.05, 4.69) is 6.58 Å². The summed E-state index contributed by atoms with van der Waals surface area (Å²) >= 11 is 0. The molecule has 1 atom stereocenters. The van der Waals surface area contributed by atoms with Crippen LogP contribution in [0.5, 0.6) is 17.2 Å². The second-order valence-corrected chi connectivity index (χ2v) is 9.35. The van der Waals surface area contributed by atoms with Gasteiger partial charge >= 0.3 is 0 Å². The number of carbonyl (C=O) groups excluding carboxylic acids is 1. The van der Waals surface area contributed by atoms with Gasteiger partial charge in [-0.05, 0) is 92.9 Å². The Morgan fingerprint density at radius 3 is 2.31 bits per heavy atom. The number of hydrogen-bond acceptors (Lipinski definition) is 6. The predicted octanol–water partition coefficient (Wildman–Crippen LogP) is 6.52. The first kappa shape index (κ1) is 26.1. The topological polar surface area (TPSA) is 78.2 Å². The molecule has 0 saturated heterocycles. The molecule has 0 bridgehead atoms. The summed E-state index contributed by atoms with van der Waals surface area (Å²) in [5, 5.41) is 0.444. The van der Waals surface area contributed by atoms with Crippen molar-refractivity contribution in [3.63, 3.8) is 0 Å². The van der Waals surface area contributed by atoms with Crippen molar-refractivity contribution in [2.45, 2.75) is 33.7 Å². The van der Waals surface area contributed by atoms with Crippen LogP contribution in [-0.2, 0) is 0 Å². The molecule has 39 heavy (non-hydrogen) atoms. The van der Waals surface area contributed by atoms with Gasteiger partial charge in [-0.15, -0.1) is 0 Å². The molecule has 1 aliphatic heterocycles. The monoisotopic (exact) mass is 525 g/mol. The third-order valence-electron chi connectivity index (χ3n) is 6.85. The fourth-order valence-electron chi connectivity index (χ4n) is 4.91. The molecule has 0 aliphatic carbocycles. The number of amides is 1. The molecule has 1 aliphatic rings. The SMILES string of the molecule is C=CCOc1ccc(C2c3c(oc4cc(C)c(C)cc4c3=O)C(=O)N2c2ccc(OCC)cc2)cc1OCC. The molecule has 7 nitrogen and oxygen atoms in total. The number of benzene rings is 3. The van der Waals surface area contributed by atoms with Gasteiger partial charge in [0.1, 0.15) is 17.9 Å². The van der Waals surface area contributed by atoms with Crippen molar-refractivity contribution in [1.29, 1.82) is 0 Å². The van der Waals surface area contributed by atoms with Crippen molar-refractivity contribution in [2.75, 3.05) is 24.7 Å². The van der Waals surface area contributed by atoms with Gasteiger partial charge in [0, 0.05) is 5.69 Å². The summed E-state index contributed by atoms with van der Waals surface area (Å²) in [4.78, 5) is 29.6. The van der Waals surface area contributed by atoms with Gasteiger partial charge in [-0.25, -0.2) is 0 Å². The van der Waals surface area contributed by atoms with Gasteiger partial charge in [0.2, 0.25) is 5.76 Å². The Bertz CT molecular complexity index is 1620. The Morgan fingerprint density at radius 1 is 0.897 bits per heavy atom. The van der Waals surface area contributed by atoms with Gasteiger partial charge < -0.3 is 18.6 Å². The molecule has 1 unspecified atom stereocenters. The van der Waals surface area contributed by atoms with E-state index < -0.39 is 6.04 Å². The summed E-state index contributed by atoms with van der Waals surface area (Å²) in [6, 6.07) is 15.6. The largest absolute Gasteiger partial charge is 0.494 e. The van der Waals surface area contributed by atoms with Crippen molar-refractivity contribution in [1.82, 2.24) is 0 Å². The van der Waals surface area contributed by atoms with E-state index in [1.165, 1.54) is 0 Å². The van der Waals surface area contributed by atoms with Crippen molar-refractivity contribution in [3.05, 3.63) is 105 Å². The highest BCUT2D eigenvalue weighted by Gasteiger charge is 2.44. The van der Waals surface area contributed by atoms with Gasteiger partial charge in [-0.3, -0.25) is 14.5 Å². The molecule has 0 saturated carbocycles. The van der Waals surface area contributed by atoms with Crippen molar-refractivity contribution in [2.24, 2.45) is 0 Å². The number of carbonyl (C=O) groups is 1. The van der Waals surface area contributed by atoms with Gasteiger partial charge in [0.25, 0.3) is 5.91 Å². The van der Waals surface area contributed by atoms with Crippen LogP contribution in [0.15, 0.2) is 76.5 Å². The van der Waals surface area contributed by atoms with Crippen LogP contribution >= 0.6 is 0 Å². The van der Waals surface area contributed by atoms with Gasteiger partial charge in [-0.2, -0.15) is 0 Å². The van der Waals surface area contributed by atoms with Gasteiger partial charge in [0.05, 0.1) is 30.2 Å². The number of aryl methyl sites for hydroxylation is 2. The van der Waals surface area contributed by atoms with Crippen molar-refractivity contribution < 1.29 is 23.4 Å². The van der Waals surface area contributed by atoms with Gasteiger partial charge in [-0.1, -0.05) is 18.7 Å². The van der Waals surface area contributed by atoms with E-state index in [1.807, 2.05) is 76.2 Å². The second-order valence-electron chi connectivity index (χ2n) is 9.35. The number of rotatable bonds is 9. The van der Waals surface area contributed by atoms with Crippen LogP contribution in [0.4, 0.5) is 5.69 Å². The molecule has 1 aromatic heterocycles. The van der Waals surface area contributed by atoms with Crippen LogP contribution in [0.3, 0.4) is 0 Å². The Hall–Kier alpha value is -4.52. The quantitative estimate of drug-likeness (QED) is 0.232. The molecular weight excluding hydrogens is 494 g/mol. The molecule has 4 aromatic rings. The average Bonchev–Trinajstić information content (AvgIpc) is 3.22. The molecule has 0 fully saturated rings. The number of anilines is 1. The predicted molar refractivity (Wildman–Crippen MR) is 152 cm³/mol. The zero-order chi connectivity index (χ0) is 27.7. The first-order valence-corrected chi connectivity index (χ1v) is 13.0. The van der Waals surface area contributed by atoms with E-state index in [1.54, 1.807) is 17.0 Å².